The molecule has 0 aromatic heterocycles. The fraction of sp³-hybridized carbons (Fsp3) is 0.400. The first-order chi connectivity index (χ1) is 11.6. The molecule has 2 N–H and O–H groups in total. The lowest BCUT2D eigenvalue weighted by molar-refractivity contribution is -0.121. The van der Waals surface area contributed by atoms with E-state index >= 15 is 0 Å². The van der Waals surface area contributed by atoms with Crippen molar-refractivity contribution in [2.75, 3.05) is 6.54 Å². The van der Waals surface area contributed by atoms with Crippen LogP contribution >= 0.6 is 0 Å². The minimum absolute atomic E-state index is 0.0588. The molecule has 0 spiro atoms. The molecule has 0 heterocycles. The Morgan fingerprint density at radius 2 is 1.92 bits per heavy atom. The van der Waals surface area contributed by atoms with Gasteiger partial charge in [0.25, 0.3) is 0 Å². The van der Waals surface area contributed by atoms with E-state index in [9.17, 15) is 10.1 Å². The number of rotatable bonds is 5. The summed E-state index contributed by atoms with van der Waals surface area (Å²) in [4.78, 5) is 12.2. The maximum Gasteiger partial charge on any atom is 0.235 e. The highest BCUT2D eigenvalue weighted by molar-refractivity contribution is 5.86. The number of fused-ring (bicyclic) bond motifs is 1. The SMILES string of the molecule is C[C@@H](NCC(=O)NC1(C#N)CCCC1)c1cccc2ccccc12. The molecular formula is C20H23N3O. The molecular weight excluding hydrogens is 298 g/mol. The average molecular weight is 321 g/mol. The zero-order chi connectivity index (χ0) is 17.0. The molecule has 24 heavy (non-hydrogen) atoms. The van der Waals surface area contributed by atoms with Crippen LogP contribution in [0.15, 0.2) is 42.5 Å². The zero-order valence-corrected chi connectivity index (χ0v) is 14.0. The molecule has 0 unspecified atom stereocenters. The van der Waals surface area contributed by atoms with Gasteiger partial charge in [0.05, 0.1) is 12.6 Å². The zero-order valence-electron chi connectivity index (χ0n) is 14.0. The lowest BCUT2D eigenvalue weighted by Gasteiger charge is -2.23. The first-order valence-electron chi connectivity index (χ1n) is 8.57. The highest BCUT2D eigenvalue weighted by atomic mass is 16.2. The number of hydrogen-bond acceptors (Lipinski definition) is 3. The summed E-state index contributed by atoms with van der Waals surface area (Å²) in [5, 5.41) is 18.0. The second-order valence-electron chi connectivity index (χ2n) is 6.62. The van der Waals surface area contributed by atoms with Crippen molar-refractivity contribution in [3.05, 3.63) is 48.0 Å². The van der Waals surface area contributed by atoms with Gasteiger partial charge in [-0.1, -0.05) is 42.5 Å². The van der Waals surface area contributed by atoms with Crippen molar-refractivity contribution in [1.82, 2.24) is 10.6 Å². The summed E-state index contributed by atoms with van der Waals surface area (Å²) >= 11 is 0. The first kappa shape index (κ1) is 16.5. The van der Waals surface area contributed by atoms with E-state index in [2.05, 4.69) is 47.9 Å². The standard InChI is InChI=1S/C20H23N3O/c1-15(17-10-6-8-16-7-2-3-9-18(16)17)22-13-19(24)23-20(14-21)11-4-5-12-20/h2-3,6-10,15,22H,4-5,11-13H2,1H3,(H,23,24)/t15-/m1/s1. The molecule has 1 amide bonds. The third-order valence-corrected chi connectivity index (χ3v) is 4.91. The van der Waals surface area contributed by atoms with Gasteiger partial charge in [0.1, 0.15) is 5.54 Å². The third-order valence-electron chi connectivity index (χ3n) is 4.91. The van der Waals surface area contributed by atoms with Gasteiger partial charge in [-0.2, -0.15) is 5.26 Å². The Labute approximate surface area is 142 Å². The number of benzene rings is 2. The molecule has 0 saturated heterocycles. The number of nitriles is 1. The van der Waals surface area contributed by atoms with Crippen LogP contribution in [0.5, 0.6) is 0 Å². The van der Waals surface area contributed by atoms with E-state index in [-0.39, 0.29) is 18.5 Å². The van der Waals surface area contributed by atoms with Crippen LogP contribution in [0.2, 0.25) is 0 Å². The fourth-order valence-electron chi connectivity index (χ4n) is 3.54. The number of hydrogen-bond donors (Lipinski definition) is 2. The minimum atomic E-state index is -0.651. The summed E-state index contributed by atoms with van der Waals surface area (Å²) in [5.41, 5.74) is 0.526. The van der Waals surface area contributed by atoms with Crippen molar-refractivity contribution < 1.29 is 4.79 Å². The topological polar surface area (TPSA) is 64.9 Å². The van der Waals surface area contributed by atoms with Gasteiger partial charge in [-0.05, 0) is 48.9 Å². The number of carbonyl (C=O) groups excluding carboxylic acids is 1. The molecule has 1 aliphatic rings. The van der Waals surface area contributed by atoms with Crippen LogP contribution in [-0.4, -0.2) is 18.0 Å². The molecule has 3 rings (SSSR count). The quantitative estimate of drug-likeness (QED) is 0.886. The van der Waals surface area contributed by atoms with E-state index in [4.69, 9.17) is 0 Å². The van der Waals surface area contributed by atoms with Gasteiger partial charge in [-0.3, -0.25) is 4.79 Å². The van der Waals surface area contributed by atoms with E-state index in [0.717, 1.165) is 25.7 Å². The highest BCUT2D eigenvalue weighted by Gasteiger charge is 2.35. The van der Waals surface area contributed by atoms with Gasteiger partial charge in [-0.25, -0.2) is 0 Å². The lowest BCUT2D eigenvalue weighted by Crippen LogP contribution is -2.48. The smallest absolute Gasteiger partial charge is 0.235 e. The highest BCUT2D eigenvalue weighted by Crippen LogP contribution is 2.29. The van der Waals surface area contributed by atoms with Gasteiger partial charge in [-0.15, -0.1) is 0 Å². The maximum absolute atomic E-state index is 12.2. The molecule has 1 fully saturated rings. The summed E-state index contributed by atoms with van der Waals surface area (Å²) < 4.78 is 0. The Kier molecular flexibility index (Phi) is 4.82. The lowest BCUT2D eigenvalue weighted by atomic mass is 9.99. The first-order valence-corrected chi connectivity index (χ1v) is 8.57. The largest absolute Gasteiger partial charge is 0.337 e. The van der Waals surface area contributed by atoms with Crippen LogP contribution in [0.3, 0.4) is 0 Å². The van der Waals surface area contributed by atoms with Crippen LogP contribution < -0.4 is 10.6 Å². The van der Waals surface area contributed by atoms with E-state index in [0.29, 0.717) is 0 Å². The number of nitrogens with zero attached hydrogens (tertiary/aromatic N) is 1. The summed E-state index contributed by atoms with van der Waals surface area (Å²) in [6.07, 6.45) is 3.53. The van der Waals surface area contributed by atoms with Crippen LogP contribution in [0.25, 0.3) is 10.8 Å². The Bertz CT molecular complexity index is 767. The molecule has 1 atom stereocenters. The van der Waals surface area contributed by atoms with Crippen molar-refractivity contribution in [3.63, 3.8) is 0 Å². The molecule has 0 bridgehead atoms. The van der Waals surface area contributed by atoms with Crippen molar-refractivity contribution in [2.45, 2.75) is 44.2 Å². The van der Waals surface area contributed by atoms with Crippen molar-refractivity contribution in [1.29, 1.82) is 5.26 Å². The van der Waals surface area contributed by atoms with Gasteiger partial charge in [0.2, 0.25) is 5.91 Å². The van der Waals surface area contributed by atoms with Gasteiger partial charge in [0, 0.05) is 6.04 Å². The van der Waals surface area contributed by atoms with E-state index in [1.165, 1.54) is 16.3 Å². The maximum atomic E-state index is 12.2. The molecule has 2 aromatic rings. The molecule has 1 aliphatic carbocycles. The summed E-state index contributed by atoms with van der Waals surface area (Å²) in [6.45, 7) is 2.28. The molecule has 0 radical (unpaired) electrons. The molecule has 0 aliphatic heterocycles. The Hall–Kier alpha value is -2.38. The summed E-state index contributed by atoms with van der Waals surface area (Å²) in [7, 11) is 0. The normalized spacial score (nSPS) is 17.3. The van der Waals surface area contributed by atoms with E-state index in [1.807, 2.05) is 18.2 Å². The van der Waals surface area contributed by atoms with Crippen LogP contribution in [0.4, 0.5) is 0 Å². The Morgan fingerprint density at radius 3 is 2.67 bits per heavy atom. The van der Waals surface area contributed by atoms with Crippen LogP contribution in [-0.2, 0) is 4.79 Å². The van der Waals surface area contributed by atoms with Gasteiger partial charge in [0.15, 0.2) is 0 Å². The molecule has 2 aromatic carbocycles. The molecule has 4 heteroatoms. The molecule has 4 nitrogen and oxygen atoms in total. The molecule has 1 saturated carbocycles. The third kappa shape index (κ3) is 3.42. The van der Waals surface area contributed by atoms with Crippen LogP contribution in [0, 0.1) is 11.3 Å². The predicted molar refractivity (Wildman–Crippen MR) is 95.3 cm³/mol. The van der Waals surface area contributed by atoms with Crippen LogP contribution in [0.1, 0.15) is 44.2 Å². The minimum Gasteiger partial charge on any atom is -0.337 e. The second-order valence-corrected chi connectivity index (χ2v) is 6.62. The van der Waals surface area contributed by atoms with Crippen molar-refractivity contribution in [2.24, 2.45) is 0 Å². The number of nitrogens with one attached hydrogen (secondary N) is 2. The fourth-order valence-corrected chi connectivity index (χ4v) is 3.54. The second kappa shape index (κ2) is 7.02. The number of amides is 1. The van der Waals surface area contributed by atoms with E-state index < -0.39 is 5.54 Å². The number of carbonyl (C=O) groups is 1. The average Bonchev–Trinajstić information content (AvgIpc) is 3.08. The summed E-state index contributed by atoms with van der Waals surface area (Å²) in [6, 6.07) is 16.8. The summed E-state index contributed by atoms with van der Waals surface area (Å²) in [5.74, 6) is -0.106. The van der Waals surface area contributed by atoms with Gasteiger partial charge >= 0.3 is 0 Å². The van der Waals surface area contributed by atoms with Crippen molar-refractivity contribution >= 4 is 16.7 Å². The van der Waals surface area contributed by atoms with Gasteiger partial charge < -0.3 is 10.6 Å². The predicted octanol–water partition coefficient (Wildman–Crippen LogP) is 3.44. The van der Waals surface area contributed by atoms with E-state index in [1.54, 1.807) is 0 Å². The Balaban J connectivity index is 1.64. The molecule has 124 valence electrons. The monoisotopic (exact) mass is 321 g/mol. The Morgan fingerprint density at radius 1 is 1.21 bits per heavy atom. The van der Waals surface area contributed by atoms with Crippen molar-refractivity contribution in [3.8, 4) is 6.07 Å².